The second kappa shape index (κ2) is 29.8. The molecule has 0 N–H and O–H groups in total. The van der Waals surface area contributed by atoms with Gasteiger partial charge in [0.05, 0.1) is 19.5 Å². The average Bonchev–Trinajstić information content (AvgIpc) is 4.25. The van der Waals surface area contributed by atoms with Crippen LogP contribution in [-0.2, 0) is 39.1 Å². The van der Waals surface area contributed by atoms with Gasteiger partial charge in [-0.2, -0.15) is 0 Å². The number of aryl methyl sites for hydroxylation is 2. The van der Waals surface area contributed by atoms with E-state index in [2.05, 4.69) is 175 Å². The van der Waals surface area contributed by atoms with Gasteiger partial charge in [-0.15, -0.1) is 0 Å². The van der Waals surface area contributed by atoms with E-state index in [1.807, 2.05) is 73.3 Å². The van der Waals surface area contributed by atoms with E-state index in [1.54, 1.807) is 0 Å². The zero-order valence-electron chi connectivity index (χ0n) is 46.0. The third kappa shape index (κ3) is 17.0. The molecule has 5 aliphatic carbocycles. The van der Waals surface area contributed by atoms with Crippen LogP contribution in [0, 0.1) is 25.2 Å². The Labute approximate surface area is 481 Å². The van der Waals surface area contributed by atoms with Crippen LogP contribution in [0.3, 0.4) is 0 Å². The van der Waals surface area contributed by atoms with Crippen LogP contribution in [0.25, 0.3) is 28.9 Å². The van der Waals surface area contributed by atoms with Crippen LogP contribution in [0.2, 0.25) is 44.8 Å². The Balaban J connectivity index is 0.000000163. The summed E-state index contributed by atoms with van der Waals surface area (Å²) in [6.45, 7) is 15.1. The third-order valence-electron chi connectivity index (χ3n) is 16.0. The average molecular weight is 1140 g/mol. The summed E-state index contributed by atoms with van der Waals surface area (Å²) in [7, 11) is 7.41. The molecule has 0 radical (unpaired) electrons. The van der Waals surface area contributed by atoms with Crippen LogP contribution in [0.15, 0.2) is 176 Å². The molecular formula is C68H83Cl2CrN4Si2. The van der Waals surface area contributed by atoms with E-state index < -0.39 is 16.1 Å². The molecule has 5 atom stereocenters. The molecule has 0 bridgehead atoms. The molecule has 3 aromatic carbocycles. The van der Waals surface area contributed by atoms with Gasteiger partial charge in [0.1, 0.15) is 0 Å². The molecule has 12 rings (SSSR count). The molecular weight excluding hydrogens is 1050 g/mol. The van der Waals surface area contributed by atoms with Crippen molar-refractivity contribution in [2.24, 2.45) is 17.8 Å². The van der Waals surface area contributed by atoms with Crippen molar-refractivity contribution in [2.45, 2.75) is 128 Å². The molecule has 2 fully saturated rings. The summed E-state index contributed by atoms with van der Waals surface area (Å²) in [5.74, 6) is 2.96. The number of hydrogen-bond acceptors (Lipinski definition) is 4. The number of halogens is 2. The molecule has 0 amide bonds. The number of benzene rings is 3. The monoisotopic (exact) mass is 1130 g/mol. The van der Waals surface area contributed by atoms with Crippen LogP contribution in [0.1, 0.15) is 114 Å². The van der Waals surface area contributed by atoms with E-state index in [9.17, 15) is 0 Å². The fourth-order valence-electron chi connectivity index (χ4n) is 12.5. The zero-order valence-corrected chi connectivity index (χ0v) is 50.8. The standard InChI is InChI=1S/C18H29NSi.C18H21NSi.2C15H13N.CH4.CH3.2ClH.Cr/c2*1-20(2,3)18-13-14(12-15-8-6-7-11-19-15)16-9-4-5-10-17(16)18;2*1-2-7-15-12(5-1)8-9-13(15)11-14-6-3-4-10-16-14;;;;;/h6-8,11,14,16-18H,4-5,9-10,12-13H2,1-3H3;4-11,13,18H,12H2,1-3H3;2*1-7,10-11H,8-9H2;1H4;1H3;2*1H;/q;;;;;-1;;;+3/p-2/b;;2*13-11-;;;;;. The van der Waals surface area contributed by atoms with Crippen LogP contribution in [0.5, 0.6) is 0 Å². The summed E-state index contributed by atoms with van der Waals surface area (Å²) in [6, 6.07) is 50.8. The molecule has 4 aromatic heterocycles. The molecule has 403 valence electrons. The Morgan fingerprint density at radius 3 is 1.45 bits per heavy atom. The topological polar surface area (TPSA) is 51.6 Å². The van der Waals surface area contributed by atoms with Gasteiger partial charge in [-0.05, 0) is 185 Å². The van der Waals surface area contributed by atoms with Gasteiger partial charge in [0.2, 0.25) is 0 Å². The molecule has 4 heterocycles. The first-order chi connectivity index (χ1) is 36.4. The summed E-state index contributed by atoms with van der Waals surface area (Å²) in [5, 5.41) is 0. The normalized spacial score (nSPS) is 20.4. The summed E-state index contributed by atoms with van der Waals surface area (Å²) in [5.41, 5.74) is 19.2. The number of fused-ring (bicyclic) bond motifs is 4. The van der Waals surface area contributed by atoms with Crippen molar-refractivity contribution in [3.05, 3.63) is 240 Å². The molecule has 0 saturated heterocycles. The molecule has 2 saturated carbocycles. The molecule has 0 aliphatic heterocycles. The van der Waals surface area contributed by atoms with Gasteiger partial charge in [0, 0.05) is 50.7 Å². The second-order valence-electron chi connectivity index (χ2n) is 22.9. The molecule has 9 heteroatoms. The van der Waals surface area contributed by atoms with E-state index in [0.717, 1.165) is 72.5 Å². The van der Waals surface area contributed by atoms with Gasteiger partial charge in [0.25, 0.3) is 0 Å². The Morgan fingerprint density at radius 2 is 0.974 bits per heavy atom. The van der Waals surface area contributed by atoms with Crippen LogP contribution >= 0.6 is 20.1 Å². The van der Waals surface area contributed by atoms with E-state index in [4.69, 9.17) is 20.1 Å². The van der Waals surface area contributed by atoms with E-state index >= 15 is 0 Å². The Morgan fingerprint density at radius 1 is 0.519 bits per heavy atom. The minimum absolute atomic E-state index is 0. The number of pyridine rings is 4. The zero-order chi connectivity index (χ0) is 52.6. The van der Waals surface area contributed by atoms with Crippen molar-refractivity contribution in [1.82, 2.24) is 19.9 Å². The molecule has 77 heavy (non-hydrogen) atoms. The molecule has 0 spiro atoms. The fraction of sp³-hybridized carbons (Fsp3) is 0.338. The van der Waals surface area contributed by atoms with Gasteiger partial charge < -0.3 is 7.43 Å². The maximum absolute atomic E-state index is 4.83. The first-order valence-electron chi connectivity index (χ1n) is 27.3. The van der Waals surface area contributed by atoms with E-state index in [-0.39, 0.29) is 28.2 Å². The van der Waals surface area contributed by atoms with Gasteiger partial charge in [-0.3, -0.25) is 19.9 Å². The summed E-state index contributed by atoms with van der Waals surface area (Å²) >= 11 is -0.181. The predicted octanol–water partition coefficient (Wildman–Crippen LogP) is 19.4. The number of nitrogens with zero attached hydrogens (tertiary/aromatic N) is 4. The van der Waals surface area contributed by atoms with Crippen molar-refractivity contribution < 1.29 is 13.4 Å². The SMILES string of the molecule is C.C(=C1\CCc2ccccc21)/c1ccccn1.C(=C1\CCc2ccccc21)/c1ccccn1.C[Si](C)(C)C1C=C(Cc2ccccn2)c2ccccc21.C[Si](C)(C)C1CC(Cc2ccccn2)C2CCCCC21.[CH3-].[Cl][Cr+][Cl]. The summed E-state index contributed by atoms with van der Waals surface area (Å²) < 4.78 is 0. The van der Waals surface area contributed by atoms with Crippen molar-refractivity contribution in [2.75, 3.05) is 0 Å². The maximum atomic E-state index is 4.83. The van der Waals surface area contributed by atoms with Crippen molar-refractivity contribution in [3.63, 3.8) is 0 Å². The van der Waals surface area contributed by atoms with Gasteiger partial charge >= 0.3 is 33.5 Å². The number of allylic oxidation sites excluding steroid dienone is 4. The fourth-order valence-corrected chi connectivity index (χ4v) is 17.1. The Hall–Kier alpha value is -4.97. The van der Waals surface area contributed by atoms with E-state index in [1.165, 1.54) is 94.3 Å². The number of rotatable bonds is 8. The van der Waals surface area contributed by atoms with Crippen LogP contribution < -0.4 is 0 Å². The Kier molecular flexibility index (Phi) is 23.7. The van der Waals surface area contributed by atoms with Gasteiger partial charge in [-0.1, -0.05) is 169 Å². The van der Waals surface area contributed by atoms with E-state index in [0.29, 0.717) is 5.54 Å². The van der Waals surface area contributed by atoms with Crippen molar-refractivity contribution >= 4 is 65.1 Å². The summed E-state index contributed by atoms with van der Waals surface area (Å²) in [4.78, 5) is 17.7. The first-order valence-corrected chi connectivity index (χ1v) is 37.9. The third-order valence-corrected chi connectivity index (χ3v) is 21.2. The summed E-state index contributed by atoms with van der Waals surface area (Å²) in [6.07, 6.45) is 28.6. The number of hydrogen-bond donors (Lipinski definition) is 0. The Bertz CT molecular complexity index is 2870. The predicted molar refractivity (Wildman–Crippen MR) is 336 cm³/mol. The van der Waals surface area contributed by atoms with Crippen molar-refractivity contribution in [3.8, 4) is 0 Å². The van der Waals surface area contributed by atoms with Crippen LogP contribution in [0.4, 0.5) is 0 Å². The molecule has 5 unspecified atom stereocenters. The van der Waals surface area contributed by atoms with Crippen LogP contribution in [-0.4, -0.2) is 36.1 Å². The van der Waals surface area contributed by atoms with Gasteiger partial charge in [0.15, 0.2) is 0 Å². The molecule has 7 aromatic rings. The quantitative estimate of drug-likeness (QED) is 0.112. The second-order valence-corrected chi connectivity index (χ2v) is 35.9. The minimum atomic E-state index is -1.23. The van der Waals surface area contributed by atoms with Gasteiger partial charge in [-0.25, -0.2) is 0 Å². The molecule has 4 nitrogen and oxygen atoms in total. The first kappa shape index (κ1) is 61.2. The number of aromatic nitrogens is 4. The van der Waals surface area contributed by atoms with Crippen molar-refractivity contribution in [1.29, 1.82) is 0 Å². The molecule has 5 aliphatic rings.